The first kappa shape index (κ1) is 19.1. The minimum Gasteiger partial charge on any atom is -0.496 e. The molecular formula is C21H27FN4O. The first-order chi connectivity index (χ1) is 13.0. The normalized spacial score (nSPS) is 15.4. The van der Waals surface area contributed by atoms with Gasteiger partial charge < -0.3 is 15.4 Å². The highest BCUT2D eigenvalue weighted by Gasteiger charge is 2.44. The maximum absolute atomic E-state index is 13.6. The number of guanidine groups is 1. The summed E-state index contributed by atoms with van der Waals surface area (Å²) in [5, 5.41) is 6.68. The van der Waals surface area contributed by atoms with E-state index in [1.165, 1.54) is 6.07 Å². The lowest BCUT2D eigenvalue weighted by Gasteiger charge is -2.19. The van der Waals surface area contributed by atoms with Gasteiger partial charge in [0.1, 0.15) is 11.6 Å². The van der Waals surface area contributed by atoms with E-state index < -0.39 is 0 Å². The number of aliphatic imine (C=N–C) groups is 1. The second-order valence-corrected chi connectivity index (χ2v) is 7.12. The number of pyridine rings is 1. The molecule has 1 saturated carbocycles. The van der Waals surface area contributed by atoms with Crippen molar-refractivity contribution in [3.05, 3.63) is 58.7 Å². The number of nitrogens with one attached hydrogen (secondary N) is 2. The maximum atomic E-state index is 13.6. The van der Waals surface area contributed by atoms with Gasteiger partial charge in [0.2, 0.25) is 0 Å². The summed E-state index contributed by atoms with van der Waals surface area (Å²) in [4.78, 5) is 8.80. The monoisotopic (exact) mass is 370 g/mol. The van der Waals surface area contributed by atoms with Crippen LogP contribution in [0.1, 0.15) is 35.2 Å². The number of aromatic nitrogens is 1. The van der Waals surface area contributed by atoms with Crippen molar-refractivity contribution < 1.29 is 9.13 Å². The van der Waals surface area contributed by atoms with Gasteiger partial charge in [-0.3, -0.25) is 9.98 Å². The molecule has 0 aliphatic heterocycles. The van der Waals surface area contributed by atoms with E-state index in [9.17, 15) is 4.39 Å². The lowest BCUT2D eigenvalue weighted by molar-refractivity contribution is 0.406. The standard InChI is InChI=1S/C21H27FN4O/c1-14-11-24-18(15(2)19(14)27-4)12-25-20(23-3)26-13-21(8-9-21)16-6-5-7-17(22)10-16/h5-7,10-11H,8-9,12-13H2,1-4H3,(H2,23,25,26). The first-order valence-corrected chi connectivity index (χ1v) is 9.19. The molecule has 2 N–H and O–H groups in total. The Bertz CT molecular complexity index is 846. The van der Waals surface area contributed by atoms with Crippen LogP contribution in [0.5, 0.6) is 5.75 Å². The fourth-order valence-corrected chi connectivity index (χ4v) is 3.43. The summed E-state index contributed by atoms with van der Waals surface area (Å²) < 4.78 is 19.0. The summed E-state index contributed by atoms with van der Waals surface area (Å²) in [7, 11) is 3.42. The fraction of sp³-hybridized carbons (Fsp3) is 0.429. The zero-order chi connectivity index (χ0) is 19.4. The molecule has 0 radical (unpaired) electrons. The summed E-state index contributed by atoms with van der Waals surface area (Å²) >= 11 is 0. The van der Waals surface area contributed by atoms with Gasteiger partial charge in [0.15, 0.2) is 5.96 Å². The summed E-state index contributed by atoms with van der Waals surface area (Å²) in [5.41, 5.74) is 4.02. The van der Waals surface area contributed by atoms with Crippen LogP contribution in [0.2, 0.25) is 0 Å². The van der Waals surface area contributed by atoms with E-state index in [1.54, 1.807) is 26.3 Å². The number of benzene rings is 1. The van der Waals surface area contributed by atoms with Gasteiger partial charge in [-0.25, -0.2) is 4.39 Å². The van der Waals surface area contributed by atoms with Crippen LogP contribution in [0.25, 0.3) is 0 Å². The molecule has 1 heterocycles. The molecular weight excluding hydrogens is 343 g/mol. The van der Waals surface area contributed by atoms with E-state index in [4.69, 9.17) is 4.74 Å². The number of ether oxygens (including phenoxy) is 1. The summed E-state index contributed by atoms with van der Waals surface area (Å²) in [6.07, 6.45) is 3.93. The Labute approximate surface area is 160 Å². The zero-order valence-corrected chi connectivity index (χ0v) is 16.4. The number of methoxy groups -OCH3 is 1. The molecule has 1 fully saturated rings. The summed E-state index contributed by atoms with van der Waals surface area (Å²) in [6, 6.07) is 6.90. The Morgan fingerprint density at radius 2 is 2.07 bits per heavy atom. The van der Waals surface area contributed by atoms with Gasteiger partial charge in [0, 0.05) is 36.3 Å². The molecule has 1 aliphatic rings. The summed E-state index contributed by atoms with van der Waals surface area (Å²) in [6.45, 7) is 5.27. The van der Waals surface area contributed by atoms with Crippen molar-refractivity contribution in [2.24, 2.45) is 4.99 Å². The highest BCUT2D eigenvalue weighted by atomic mass is 19.1. The van der Waals surface area contributed by atoms with Crippen molar-refractivity contribution in [1.29, 1.82) is 0 Å². The fourth-order valence-electron chi connectivity index (χ4n) is 3.43. The highest BCUT2D eigenvalue weighted by Crippen LogP contribution is 2.47. The maximum Gasteiger partial charge on any atom is 0.191 e. The third-order valence-electron chi connectivity index (χ3n) is 5.28. The van der Waals surface area contributed by atoms with Crippen molar-refractivity contribution in [3.63, 3.8) is 0 Å². The van der Waals surface area contributed by atoms with E-state index in [1.807, 2.05) is 26.1 Å². The van der Waals surface area contributed by atoms with Crippen molar-refractivity contribution in [2.45, 2.75) is 38.6 Å². The van der Waals surface area contributed by atoms with E-state index in [2.05, 4.69) is 20.6 Å². The van der Waals surface area contributed by atoms with E-state index in [-0.39, 0.29) is 11.2 Å². The number of aryl methyl sites for hydroxylation is 1. The predicted octanol–water partition coefficient (Wildman–Crippen LogP) is 3.24. The Morgan fingerprint density at radius 3 is 2.70 bits per heavy atom. The third kappa shape index (κ3) is 4.21. The Hall–Kier alpha value is -2.63. The Balaban J connectivity index is 1.61. The molecule has 1 aromatic heterocycles. The van der Waals surface area contributed by atoms with Crippen LogP contribution in [0.3, 0.4) is 0 Å². The van der Waals surface area contributed by atoms with Crippen molar-refractivity contribution in [3.8, 4) is 5.75 Å². The smallest absolute Gasteiger partial charge is 0.191 e. The van der Waals surface area contributed by atoms with Gasteiger partial charge in [0.25, 0.3) is 0 Å². The van der Waals surface area contributed by atoms with Crippen molar-refractivity contribution >= 4 is 5.96 Å². The molecule has 144 valence electrons. The average Bonchev–Trinajstić information content (AvgIpc) is 3.45. The Kier molecular flexibility index (Phi) is 5.63. The van der Waals surface area contributed by atoms with Crippen LogP contribution < -0.4 is 15.4 Å². The van der Waals surface area contributed by atoms with E-state index in [0.29, 0.717) is 12.5 Å². The molecule has 2 aromatic rings. The lowest BCUT2D eigenvalue weighted by Crippen LogP contribution is -2.41. The summed E-state index contributed by atoms with van der Waals surface area (Å²) in [5.74, 6) is 1.39. The SMILES string of the molecule is CN=C(NCc1ncc(C)c(OC)c1C)NCC1(c2cccc(F)c2)CC1. The molecule has 0 saturated heterocycles. The largest absolute Gasteiger partial charge is 0.496 e. The molecule has 5 nitrogen and oxygen atoms in total. The highest BCUT2D eigenvalue weighted by molar-refractivity contribution is 5.79. The third-order valence-corrected chi connectivity index (χ3v) is 5.28. The van der Waals surface area contributed by atoms with Gasteiger partial charge in [0.05, 0.1) is 19.3 Å². The van der Waals surface area contributed by atoms with E-state index >= 15 is 0 Å². The van der Waals surface area contributed by atoms with Gasteiger partial charge in [-0.05, 0) is 44.4 Å². The molecule has 0 unspecified atom stereocenters. The molecule has 1 aliphatic carbocycles. The number of hydrogen-bond acceptors (Lipinski definition) is 3. The van der Waals surface area contributed by atoms with Crippen LogP contribution in [-0.4, -0.2) is 31.6 Å². The molecule has 0 amide bonds. The quantitative estimate of drug-likeness (QED) is 0.605. The van der Waals surface area contributed by atoms with Crippen LogP contribution in [0.15, 0.2) is 35.5 Å². The first-order valence-electron chi connectivity index (χ1n) is 9.19. The second kappa shape index (κ2) is 7.94. The molecule has 0 spiro atoms. The zero-order valence-electron chi connectivity index (χ0n) is 16.4. The van der Waals surface area contributed by atoms with Crippen LogP contribution in [0.4, 0.5) is 4.39 Å². The van der Waals surface area contributed by atoms with Crippen LogP contribution in [-0.2, 0) is 12.0 Å². The van der Waals surface area contributed by atoms with Gasteiger partial charge >= 0.3 is 0 Å². The number of halogens is 1. The predicted molar refractivity (Wildman–Crippen MR) is 106 cm³/mol. The Morgan fingerprint density at radius 1 is 1.30 bits per heavy atom. The van der Waals surface area contributed by atoms with E-state index in [0.717, 1.165) is 47.5 Å². The second-order valence-electron chi connectivity index (χ2n) is 7.12. The minimum absolute atomic E-state index is 0.000958. The molecule has 27 heavy (non-hydrogen) atoms. The van der Waals surface area contributed by atoms with Crippen molar-refractivity contribution in [1.82, 2.24) is 15.6 Å². The van der Waals surface area contributed by atoms with Gasteiger partial charge in [-0.1, -0.05) is 12.1 Å². The van der Waals surface area contributed by atoms with Crippen molar-refractivity contribution in [2.75, 3.05) is 20.7 Å². The molecule has 3 rings (SSSR count). The lowest BCUT2D eigenvalue weighted by atomic mass is 9.96. The number of rotatable bonds is 6. The van der Waals surface area contributed by atoms with Crippen LogP contribution in [0, 0.1) is 19.7 Å². The topological polar surface area (TPSA) is 58.5 Å². The number of hydrogen-bond donors (Lipinski definition) is 2. The van der Waals surface area contributed by atoms with Crippen LogP contribution >= 0.6 is 0 Å². The minimum atomic E-state index is -0.184. The molecule has 1 aromatic carbocycles. The number of nitrogens with zero attached hydrogens (tertiary/aromatic N) is 2. The van der Waals surface area contributed by atoms with Gasteiger partial charge in [-0.2, -0.15) is 0 Å². The molecule has 0 atom stereocenters. The average molecular weight is 370 g/mol. The molecule has 6 heteroatoms. The van der Waals surface area contributed by atoms with Gasteiger partial charge in [-0.15, -0.1) is 0 Å². The molecule has 0 bridgehead atoms.